The smallest absolute Gasteiger partial charge is 0.138 e. The maximum Gasteiger partial charge on any atom is 0.138 e. The minimum Gasteiger partial charge on any atom is -0.492 e. The Kier molecular flexibility index (Phi) is 6.21. The van der Waals surface area contributed by atoms with Crippen LogP contribution in [0.2, 0.25) is 0 Å². The maximum absolute atomic E-state index is 5.73. The Morgan fingerprint density at radius 1 is 1.19 bits per heavy atom. The average Bonchev–Trinajstić information content (AvgIpc) is 2.44. The number of benzene rings is 1. The van der Waals surface area contributed by atoms with Crippen LogP contribution in [0.25, 0.3) is 0 Å². The highest BCUT2D eigenvalue weighted by Gasteiger charge is 2.10. The van der Waals surface area contributed by atoms with Crippen molar-refractivity contribution >= 4 is 31.9 Å². The molecule has 2 rings (SSSR count). The fourth-order valence-electron chi connectivity index (χ4n) is 2.06. The van der Waals surface area contributed by atoms with Gasteiger partial charge in [0.1, 0.15) is 5.75 Å². The first-order valence-corrected chi connectivity index (χ1v) is 8.41. The predicted molar refractivity (Wildman–Crippen MR) is 92.5 cm³/mol. The fraction of sp³-hybridized carbons (Fsp3) is 0.312. The molecule has 0 bridgehead atoms. The lowest BCUT2D eigenvalue weighted by atomic mass is 10.1. The van der Waals surface area contributed by atoms with Crippen LogP contribution in [0.4, 0.5) is 0 Å². The minimum absolute atomic E-state index is 0.648. The number of nitrogens with zero attached hydrogens (tertiary/aromatic N) is 1. The number of aryl methyl sites for hydroxylation is 1. The van der Waals surface area contributed by atoms with Crippen LogP contribution in [-0.2, 0) is 13.1 Å². The molecule has 0 spiro atoms. The number of hydrogen-bond acceptors (Lipinski definition) is 3. The number of ether oxygens (including phenoxy) is 1. The number of rotatable bonds is 6. The standard InChI is InChI=1S/C16H18Br2N2O/c1-3-21-16-12(6-14(17)7-15(16)18)8-20-10-13-9-19-5-4-11(13)2/h4-7,9,20H,3,8,10H2,1-2H3. The van der Waals surface area contributed by atoms with E-state index < -0.39 is 0 Å². The summed E-state index contributed by atoms with van der Waals surface area (Å²) in [6.07, 6.45) is 3.72. The zero-order valence-corrected chi connectivity index (χ0v) is 15.3. The molecule has 0 radical (unpaired) electrons. The summed E-state index contributed by atoms with van der Waals surface area (Å²) >= 11 is 7.08. The molecule has 0 unspecified atom stereocenters. The van der Waals surface area contributed by atoms with Crippen molar-refractivity contribution < 1.29 is 4.74 Å². The van der Waals surface area contributed by atoms with Crippen LogP contribution < -0.4 is 10.1 Å². The van der Waals surface area contributed by atoms with Crippen LogP contribution in [-0.4, -0.2) is 11.6 Å². The van der Waals surface area contributed by atoms with Gasteiger partial charge in [-0.15, -0.1) is 0 Å². The Labute approximate surface area is 142 Å². The molecular formula is C16H18Br2N2O. The molecule has 0 atom stereocenters. The van der Waals surface area contributed by atoms with Gasteiger partial charge in [0.25, 0.3) is 0 Å². The maximum atomic E-state index is 5.73. The van der Waals surface area contributed by atoms with Crippen LogP contribution in [0, 0.1) is 6.92 Å². The van der Waals surface area contributed by atoms with Crippen molar-refractivity contribution in [2.45, 2.75) is 26.9 Å². The Balaban J connectivity index is 2.07. The van der Waals surface area contributed by atoms with E-state index in [2.05, 4.69) is 55.2 Å². The van der Waals surface area contributed by atoms with Crippen molar-refractivity contribution in [1.29, 1.82) is 0 Å². The molecule has 1 heterocycles. The van der Waals surface area contributed by atoms with Crippen molar-refractivity contribution in [3.63, 3.8) is 0 Å². The lowest BCUT2D eigenvalue weighted by Crippen LogP contribution is -2.15. The van der Waals surface area contributed by atoms with Gasteiger partial charge in [-0.05, 0) is 59.1 Å². The Morgan fingerprint density at radius 3 is 2.67 bits per heavy atom. The molecule has 0 aliphatic rings. The molecule has 0 saturated heterocycles. The van der Waals surface area contributed by atoms with E-state index in [0.29, 0.717) is 6.61 Å². The minimum atomic E-state index is 0.648. The first-order chi connectivity index (χ1) is 10.1. The molecule has 0 amide bonds. The molecule has 1 aromatic heterocycles. The molecule has 21 heavy (non-hydrogen) atoms. The summed E-state index contributed by atoms with van der Waals surface area (Å²) < 4.78 is 7.73. The van der Waals surface area contributed by atoms with E-state index in [4.69, 9.17) is 4.74 Å². The predicted octanol–water partition coefficient (Wildman–Crippen LogP) is 4.60. The summed E-state index contributed by atoms with van der Waals surface area (Å²) in [5.41, 5.74) is 3.59. The third kappa shape index (κ3) is 4.53. The SMILES string of the molecule is CCOc1c(Br)cc(Br)cc1CNCc1cnccc1C. The van der Waals surface area contributed by atoms with Crippen molar-refractivity contribution in [3.8, 4) is 5.75 Å². The van der Waals surface area contributed by atoms with Gasteiger partial charge in [-0.3, -0.25) is 4.98 Å². The molecule has 2 aromatic rings. The molecule has 0 aliphatic carbocycles. The van der Waals surface area contributed by atoms with E-state index in [0.717, 1.165) is 33.3 Å². The summed E-state index contributed by atoms with van der Waals surface area (Å²) in [7, 11) is 0. The van der Waals surface area contributed by atoms with Gasteiger partial charge in [-0.2, -0.15) is 0 Å². The lowest BCUT2D eigenvalue weighted by Gasteiger charge is -2.14. The van der Waals surface area contributed by atoms with E-state index in [1.54, 1.807) is 0 Å². The molecule has 0 fully saturated rings. The van der Waals surface area contributed by atoms with Crippen LogP contribution in [0.1, 0.15) is 23.6 Å². The average molecular weight is 414 g/mol. The van der Waals surface area contributed by atoms with Gasteiger partial charge in [0.2, 0.25) is 0 Å². The van der Waals surface area contributed by atoms with E-state index >= 15 is 0 Å². The first-order valence-electron chi connectivity index (χ1n) is 6.82. The number of hydrogen-bond donors (Lipinski definition) is 1. The molecular weight excluding hydrogens is 396 g/mol. The van der Waals surface area contributed by atoms with Gasteiger partial charge in [0.15, 0.2) is 0 Å². The zero-order valence-electron chi connectivity index (χ0n) is 12.1. The van der Waals surface area contributed by atoms with Crippen LogP contribution in [0.15, 0.2) is 39.5 Å². The summed E-state index contributed by atoms with van der Waals surface area (Å²) in [6.45, 7) is 6.26. The number of aromatic nitrogens is 1. The quantitative estimate of drug-likeness (QED) is 0.751. The second-order valence-electron chi connectivity index (χ2n) is 4.71. The lowest BCUT2D eigenvalue weighted by molar-refractivity contribution is 0.333. The van der Waals surface area contributed by atoms with Gasteiger partial charge in [0.05, 0.1) is 11.1 Å². The highest BCUT2D eigenvalue weighted by atomic mass is 79.9. The van der Waals surface area contributed by atoms with Gasteiger partial charge in [0, 0.05) is 35.5 Å². The molecule has 3 nitrogen and oxygen atoms in total. The normalized spacial score (nSPS) is 10.7. The topological polar surface area (TPSA) is 34.1 Å². The molecule has 0 saturated carbocycles. The van der Waals surface area contributed by atoms with Crippen LogP contribution in [0.5, 0.6) is 5.75 Å². The van der Waals surface area contributed by atoms with E-state index in [-0.39, 0.29) is 0 Å². The Morgan fingerprint density at radius 2 is 1.95 bits per heavy atom. The highest BCUT2D eigenvalue weighted by Crippen LogP contribution is 2.33. The third-order valence-corrected chi connectivity index (χ3v) is 4.20. The second kappa shape index (κ2) is 7.92. The summed E-state index contributed by atoms with van der Waals surface area (Å²) in [6, 6.07) is 6.11. The number of pyridine rings is 1. The van der Waals surface area contributed by atoms with Crippen LogP contribution >= 0.6 is 31.9 Å². The fourth-order valence-corrected chi connectivity index (χ4v) is 3.49. The summed E-state index contributed by atoms with van der Waals surface area (Å²) in [5, 5.41) is 3.45. The first kappa shape index (κ1) is 16.5. The summed E-state index contributed by atoms with van der Waals surface area (Å²) in [5.74, 6) is 0.899. The molecule has 0 aliphatic heterocycles. The van der Waals surface area contributed by atoms with Gasteiger partial charge in [-0.1, -0.05) is 15.9 Å². The molecule has 112 valence electrons. The van der Waals surface area contributed by atoms with Crippen molar-refractivity contribution in [2.24, 2.45) is 0 Å². The number of nitrogens with one attached hydrogen (secondary N) is 1. The van der Waals surface area contributed by atoms with Crippen LogP contribution in [0.3, 0.4) is 0 Å². The summed E-state index contributed by atoms with van der Waals surface area (Å²) in [4.78, 5) is 4.17. The zero-order chi connectivity index (χ0) is 15.2. The highest BCUT2D eigenvalue weighted by molar-refractivity contribution is 9.11. The molecule has 5 heteroatoms. The van der Waals surface area contributed by atoms with Crippen molar-refractivity contribution in [2.75, 3.05) is 6.61 Å². The third-order valence-electron chi connectivity index (χ3n) is 3.15. The van der Waals surface area contributed by atoms with Gasteiger partial charge >= 0.3 is 0 Å². The monoisotopic (exact) mass is 412 g/mol. The van der Waals surface area contributed by atoms with Crippen molar-refractivity contribution in [3.05, 3.63) is 56.2 Å². The van der Waals surface area contributed by atoms with Gasteiger partial charge in [-0.25, -0.2) is 0 Å². The van der Waals surface area contributed by atoms with E-state index in [9.17, 15) is 0 Å². The van der Waals surface area contributed by atoms with E-state index in [1.165, 1.54) is 11.1 Å². The molecule has 1 aromatic carbocycles. The van der Waals surface area contributed by atoms with E-state index in [1.807, 2.05) is 31.5 Å². The van der Waals surface area contributed by atoms with Crippen molar-refractivity contribution in [1.82, 2.24) is 10.3 Å². The van der Waals surface area contributed by atoms with Gasteiger partial charge < -0.3 is 10.1 Å². The second-order valence-corrected chi connectivity index (χ2v) is 6.48. The Hall–Kier alpha value is -0.910. The molecule has 1 N–H and O–H groups in total. The number of halogens is 2. The Bertz CT molecular complexity index is 617. The largest absolute Gasteiger partial charge is 0.492 e.